The summed E-state index contributed by atoms with van der Waals surface area (Å²) in [5, 5.41) is 21.5. The van der Waals surface area contributed by atoms with Gasteiger partial charge in [-0.25, -0.2) is 0 Å². The van der Waals surface area contributed by atoms with E-state index in [1.54, 1.807) is 19.2 Å². The molecule has 0 aliphatic heterocycles. The molecule has 4 nitrogen and oxygen atoms in total. The third-order valence-corrected chi connectivity index (χ3v) is 2.85. The van der Waals surface area contributed by atoms with Crippen LogP contribution in [0.2, 0.25) is 0 Å². The zero-order chi connectivity index (χ0) is 13.4. The monoisotopic (exact) mass is 248 g/mol. The summed E-state index contributed by atoms with van der Waals surface area (Å²) in [7, 11) is 1.62. The van der Waals surface area contributed by atoms with E-state index in [0.29, 0.717) is 12.1 Å². The van der Waals surface area contributed by atoms with Gasteiger partial charge < -0.3 is 15.2 Å². The van der Waals surface area contributed by atoms with Crippen LogP contribution in [0.5, 0.6) is 5.75 Å². The van der Waals surface area contributed by atoms with Crippen LogP contribution < -0.4 is 10.1 Å². The first-order chi connectivity index (χ1) is 8.71. The maximum absolute atomic E-state index is 9.43. The van der Waals surface area contributed by atoms with Crippen molar-refractivity contribution < 1.29 is 9.84 Å². The number of nitrogens with zero attached hydrogens (tertiary/aromatic N) is 1. The molecule has 1 aromatic carbocycles. The van der Waals surface area contributed by atoms with Crippen LogP contribution in [0.1, 0.15) is 30.9 Å². The third-order valence-electron chi connectivity index (χ3n) is 2.85. The summed E-state index contributed by atoms with van der Waals surface area (Å²) in [4.78, 5) is 0. The molecule has 18 heavy (non-hydrogen) atoms. The maximum Gasteiger partial charge on any atom is 0.123 e. The first-order valence-corrected chi connectivity index (χ1v) is 6.17. The van der Waals surface area contributed by atoms with E-state index in [1.807, 2.05) is 13.0 Å². The quantitative estimate of drug-likeness (QED) is 0.722. The summed E-state index contributed by atoms with van der Waals surface area (Å²) >= 11 is 0. The van der Waals surface area contributed by atoms with Crippen LogP contribution in [-0.4, -0.2) is 24.9 Å². The molecule has 98 valence electrons. The lowest BCUT2D eigenvalue weighted by atomic mass is 10.1. The minimum absolute atomic E-state index is 0.246. The van der Waals surface area contributed by atoms with Gasteiger partial charge in [-0.1, -0.05) is 6.92 Å². The number of hydrogen-bond acceptors (Lipinski definition) is 4. The van der Waals surface area contributed by atoms with E-state index < -0.39 is 0 Å². The number of benzene rings is 1. The highest BCUT2D eigenvalue weighted by atomic mass is 16.5. The fourth-order valence-corrected chi connectivity index (χ4v) is 1.68. The van der Waals surface area contributed by atoms with Crippen LogP contribution in [0.3, 0.4) is 0 Å². The van der Waals surface area contributed by atoms with Gasteiger partial charge in [0.15, 0.2) is 0 Å². The van der Waals surface area contributed by atoms with Gasteiger partial charge in [-0.15, -0.1) is 0 Å². The molecule has 0 bridgehead atoms. The zero-order valence-corrected chi connectivity index (χ0v) is 10.9. The summed E-state index contributed by atoms with van der Waals surface area (Å²) in [6.45, 7) is 3.34. The molecule has 0 heterocycles. The smallest absolute Gasteiger partial charge is 0.123 e. The number of aliphatic hydroxyl groups is 1. The Balaban J connectivity index is 2.52. The van der Waals surface area contributed by atoms with Gasteiger partial charge in [0.2, 0.25) is 0 Å². The second-order valence-electron chi connectivity index (χ2n) is 4.17. The molecule has 0 saturated carbocycles. The Labute approximate surface area is 108 Å². The average molecular weight is 248 g/mol. The van der Waals surface area contributed by atoms with Gasteiger partial charge in [0.05, 0.1) is 24.8 Å². The molecule has 0 spiro atoms. The summed E-state index contributed by atoms with van der Waals surface area (Å²) in [5.41, 5.74) is 1.59. The van der Waals surface area contributed by atoms with Crippen LogP contribution >= 0.6 is 0 Å². The lowest BCUT2D eigenvalue weighted by molar-refractivity contribution is 0.159. The van der Waals surface area contributed by atoms with Gasteiger partial charge in [0.25, 0.3) is 0 Å². The Morgan fingerprint density at radius 2 is 2.28 bits per heavy atom. The van der Waals surface area contributed by atoms with E-state index >= 15 is 0 Å². The molecule has 0 aliphatic rings. The maximum atomic E-state index is 9.43. The van der Waals surface area contributed by atoms with E-state index in [2.05, 4.69) is 11.4 Å². The SMILES string of the molecule is CCC(O)CCNCc1cc(C#N)ccc1OC. The van der Waals surface area contributed by atoms with Crippen molar-refractivity contribution in [2.24, 2.45) is 0 Å². The third kappa shape index (κ3) is 4.36. The van der Waals surface area contributed by atoms with Gasteiger partial charge >= 0.3 is 0 Å². The van der Waals surface area contributed by atoms with Crippen molar-refractivity contribution in [2.75, 3.05) is 13.7 Å². The van der Waals surface area contributed by atoms with Crippen molar-refractivity contribution in [1.82, 2.24) is 5.32 Å². The lowest BCUT2D eigenvalue weighted by Gasteiger charge is -2.11. The highest BCUT2D eigenvalue weighted by Crippen LogP contribution is 2.19. The molecule has 1 aromatic rings. The van der Waals surface area contributed by atoms with Crippen molar-refractivity contribution in [2.45, 2.75) is 32.4 Å². The number of nitrogens with one attached hydrogen (secondary N) is 1. The fraction of sp³-hybridized carbons (Fsp3) is 0.500. The summed E-state index contributed by atoms with van der Waals surface area (Å²) in [5.74, 6) is 0.775. The van der Waals surface area contributed by atoms with Gasteiger partial charge in [0, 0.05) is 12.1 Å². The molecule has 1 atom stereocenters. The highest BCUT2D eigenvalue weighted by Gasteiger charge is 2.05. The Morgan fingerprint density at radius 3 is 2.89 bits per heavy atom. The van der Waals surface area contributed by atoms with E-state index in [0.717, 1.165) is 30.7 Å². The van der Waals surface area contributed by atoms with Crippen molar-refractivity contribution in [3.05, 3.63) is 29.3 Å². The number of rotatable bonds is 7. The molecule has 1 rings (SSSR count). The lowest BCUT2D eigenvalue weighted by Crippen LogP contribution is -2.20. The molecule has 1 unspecified atom stereocenters. The molecule has 0 amide bonds. The Hall–Kier alpha value is -1.57. The normalized spacial score (nSPS) is 11.9. The molecule has 0 saturated heterocycles. The van der Waals surface area contributed by atoms with Crippen molar-refractivity contribution in [1.29, 1.82) is 5.26 Å². The first-order valence-electron chi connectivity index (χ1n) is 6.17. The van der Waals surface area contributed by atoms with Gasteiger partial charge in [-0.05, 0) is 37.6 Å². The van der Waals surface area contributed by atoms with E-state index in [1.165, 1.54) is 0 Å². The standard InChI is InChI=1S/C14H20N2O2/c1-3-13(17)6-7-16-10-12-8-11(9-15)4-5-14(12)18-2/h4-5,8,13,16-17H,3,6-7,10H2,1-2H3. The van der Waals surface area contributed by atoms with Crippen LogP contribution in [0.4, 0.5) is 0 Å². The van der Waals surface area contributed by atoms with Crippen LogP contribution in [-0.2, 0) is 6.54 Å². The summed E-state index contributed by atoms with van der Waals surface area (Å²) in [6.07, 6.45) is 1.26. The highest BCUT2D eigenvalue weighted by molar-refractivity contribution is 5.41. The zero-order valence-electron chi connectivity index (χ0n) is 10.9. The van der Waals surface area contributed by atoms with Crippen molar-refractivity contribution in [3.63, 3.8) is 0 Å². The molecule has 2 N–H and O–H groups in total. The fourth-order valence-electron chi connectivity index (χ4n) is 1.68. The number of aliphatic hydroxyl groups excluding tert-OH is 1. The van der Waals surface area contributed by atoms with Crippen LogP contribution in [0.25, 0.3) is 0 Å². The Morgan fingerprint density at radius 1 is 1.50 bits per heavy atom. The minimum atomic E-state index is -0.246. The molecule has 4 heteroatoms. The number of methoxy groups -OCH3 is 1. The van der Waals surface area contributed by atoms with Crippen molar-refractivity contribution in [3.8, 4) is 11.8 Å². The molecule has 0 aliphatic carbocycles. The van der Waals surface area contributed by atoms with E-state index in [-0.39, 0.29) is 6.10 Å². The van der Waals surface area contributed by atoms with E-state index in [4.69, 9.17) is 10.00 Å². The second-order valence-corrected chi connectivity index (χ2v) is 4.17. The number of hydrogen-bond donors (Lipinski definition) is 2. The average Bonchev–Trinajstić information content (AvgIpc) is 2.42. The molecule has 0 radical (unpaired) electrons. The number of ether oxygens (including phenoxy) is 1. The van der Waals surface area contributed by atoms with E-state index in [9.17, 15) is 5.11 Å². The van der Waals surface area contributed by atoms with Crippen LogP contribution in [0.15, 0.2) is 18.2 Å². The summed E-state index contributed by atoms with van der Waals surface area (Å²) in [6, 6.07) is 7.48. The van der Waals surface area contributed by atoms with Gasteiger partial charge in [0.1, 0.15) is 5.75 Å². The van der Waals surface area contributed by atoms with Gasteiger partial charge in [-0.3, -0.25) is 0 Å². The number of nitriles is 1. The Kier molecular flexibility index (Phi) is 6.20. The molecule has 0 aromatic heterocycles. The van der Waals surface area contributed by atoms with Crippen LogP contribution in [0, 0.1) is 11.3 Å². The predicted molar refractivity (Wildman–Crippen MR) is 70.3 cm³/mol. The molecular formula is C14H20N2O2. The largest absolute Gasteiger partial charge is 0.496 e. The second kappa shape index (κ2) is 7.70. The first kappa shape index (κ1) is 14.5. The summed E-state index contributed by atoms with van der Waals surface area (Å²) < 4.78 is 5.25. The molecular weight excluding hydrogens is 228 g/mol. The van der Waals surface area contributed by atoms with Crippen molar-refractivity contribution >= 4 is 0 Å². The predicted octanol–water partition coefficient (Wildman–Crippen LogP) is 1.82. The molecule has 0 fully saturated rings. The minimum Gasteiger partial charge on any atom is -0.496 e. The van der Waals surface area contributed by atoms with Gasteiger partial charge in [-0.2, -0.15) is 5.26 Å². The topological polar surface area (TPSA) is 65.3 Å². The Bertz CT molecular complexity index is 413.